The van der Waals surface area contributed by atoms with Gasteiger partial charge in [-0.25, -0.2) is 4.39 Å². The lowest BCUT2D eigenvalue weighted by Gasteiger charge is -2.43. The van der Waals surface area contributed by atoms with Gasteiger partial charge in [-0.05, 0) is 85.7 Å². The Kier molecular flexibility index (Phi) is 7.11. The smallest absolute Gasteiger partial charge is 0.305 e. The van der Waals surface area contributed by atoms with Crippen LogP contribution in [0, 0.1) is 42.3 Å². The van der Waals surface area contributed by atoms with Crippen LogP contribution in [0.3, 0.4) is 0 Å². The lowest BCUT2D eigenvalue weighted by atomic mass is 9.68. The van der Waals surface area contributed by atoms with E-state index in [1.54, 1.807) is 23.9 Å². The third-order valence-corrected chi connectivity index (χ3v) is 12.6. The fraction of sp³-hybridized carbons (Fsp3) is 0.294. The molecule has 0 radical (unpaired) electrons. The van der Waals surface area contributed by atoms with Crippen molar-refractivity contribution in [3.05, 3.63) is 103 Å². The van der Waals surface area contributed by atoms with Crippen molar-refractivity contribution in [2.24, 2.45) is 29.6 Å². The van der Waals surface area contributed by atoms with Gasteiger partial charge in [0.25, 0.3) is 5.91 Å². The topological polar surface area (TPSA) is 109 Å². The zero-order valence-electron chi connectivity index (χ0n) is 24.4. The molecule has 12 heteroatoms. The predicted molar refractivity (Wildman–Crippen MR) is 174 cm³/mol. The summed E-state index contributed by atoms with van der Waals surface area (Å²) in [6, 6.07) is 18.1. The minimum Gasteiger partial charge on any atom is -0.483 e. The summed E-state index contributed by atoms with van der Waals surface area (Å²) in [6.07, 6.45) is 0.706. The zero-order valence-corrected chi connectivity index (χ0v) is 26.8. The van der Waals surface area contributed by atoms with E-state index in [4.69, 9.17) is 16.3 Å². The Bertz CT molecular complexity index is 1960. The number of imide groups is 1. The van der Waals surface area contributed by atoms with E-state index >= 15 is 0 Å². The first-order valence-corrected chi connectivity index (χ1v) is 17.1. The van der Waals surface area contributed by atoms with E-state index in [0.717, 1.165) is 32.4 Å². The van der Waals surface area contributed by atoms with E-state index in [-0.39, 0.29) is 58.1 Å². The van der Waals surface area contributed by atoms with Crippen molar-refractivity contribution in [2.75, 3.05) is 16.8 Å². The lowest BCUT2D eigenvalue weighted by Crippen LogP contribution is -2.42. The molecule has 0 spiro atoms. The molecule has 4 aromatic rings. The Morgan fingerprint density at radius 2 is 1.74 bits per heavy atom. The van der Waals surface area contributed by atoms with Crippen molar-refractivity contribution in [3.8, 4) is 5.75 Å². The Morgan fingerprint density at radius 3 is 2.48 bits per heavy atom. The van der Waals surface area contributed by atoms with Gasteiger partial charge in [0.1, 0.15) is 11.6 Å². The van der Waals surface area contributed by atoms with E-state index in [9.17, 15) is 23.6 Å². The van der Waals surface area contributed by atoms with Gasteiger partial charge in [-0.15, -0.1) is 11.8 Å². The number of benzene rings is 3. The number of nitrogens with one attached hydrogen (secondary N) is 2. The van der Waals surface area contributed by atoms with Gasteiger partial charge in [0.15, 0.2) is 6.61 Å². The minimum absolute atomic E-state index is 0.0458. The van der Waals surface area contributed by atoms with Crippen LogP contribution in [0.15, 0.2) is 76.6 Å². The number of carbonyl (C=O) groups is 3. The summed E-state index contributed by atoms with van der Waals surface area (Å²) >= 11 is 9.27. The second kappa shape index (κ2) is 11.1. The van der Waals surface area contributed by atoms with Crippen molar-refractivity contribution < 1.29 is 23.5 Å². The molecule has 4 aliphatic rings. The van der Waals surface area contributed by atoms with Crippen LogP contribution in [-0.4, -0.2) is 34.6 Å². The maximum atomic E-state index is 14.0. The monoisotopic (exact) mass is 675 g/mol. The average molecular weight is 676 g/mol. The first-order valence-electron chi connectivity index (χ1n) is 15.0. The van der Waals surface area contributed by atoms with Crippen LogP contribution in [0.5, 0.6) is 5.75 Å². The number of thioether (sulfide) groups is 1. The highest BCUT2D eigenvalue weighted by Crippen LogP contribution is 2.69. The molecule has 8 nitrogen and oxygen atoms in total. The third-order valence-electron chi connectivity index (χ3n) is 9.81. The molecule has 2 saturated carbocycles. The first kappa shape index (κ1) is 29.5. The predicted octanol–water partition coefficient (Wildman–Crippen LogP) is 6.23. The quantitative estimate of drug-likeness (QED) is 0.235. The number of thiazole rings is 1. The van der Waals surface area contributed by atoms with E-state index in [1.807, 2.05) is 37.3 Å². The number of nitrogens with zero attached hydrogens (tertiary/aromatic N) is 1. The Balaban J connectivity index is 1.14. The van der Waals surface area contributed by atoms with Crippen LogP contribution in [0.4, 0.5) is 15.8 Å². The van der Waals surface area contributed by atoms with Gasteiger partial charge in [-0.2, -0.15) is 0 Å². The number of hydrogen-bond donors (Lipinski definition) is 2. The van der Waals surface area contributed by atoms with Crippen molar-refractivity contribution in [2.45, 2.75) is 29.5 Å². The molecular weight excluding hydrogens is 649 g/mol. The molecule has 2 aliphatic carbocycles. The summed E-state index contributed by atoms with van der Waals surface area (Å²) in [7, 11) is 0. The molecule has 3 heterocycles. The summed E-state index contributed by atoms with van der Waals surface area (Å²) in [6.45, 7) is 1.72. The van der Waals surface area contributed by atoms with E-state index in [2.05, 4.69) is 10.3 Å². The standard InChI is InChI=1S/C34H27ClFN3O5S2/c1-15-2-7-18(8-3-15)37-24(40)14-44-23-11-4-16(35)12-20(23)25-26-21-13-22(29(26)45-31-30(25)46-34(43)38-31)28-27(21)32(41)39(33(28)42)19-9-5-17(36)6-10-19/h2-12,21-22,25-29H,13-14H2,1H3,(H,37,40)(H,38,43)/t21-,22-,25+,26-,27+,28+,29-/m1/s1. The molecule has 2 bridgehead atoms. The first-order chi connectivity index (χ1) is 22.2. The summed E-state index contributed by atoms with van der Waals surface area (Å²) in [5.74, 6) is -2.49. The number of aromatic amines is 1. The van der Waals surface area contributed by atoms with E-state index in [0.29, 0.717) is 28.6 Å². The molecule has 3 fully saturated rings. The maximum absolute atomic E-state index is 14.0. The SMILES string of the molecule is Cc1ccc(NC(=O)COc2ccc(Cl)cc2[C@@H]2c3sc(=O)[nH]c3S[C@@H]3[C@@H]4C[C@@H]([C@@H]5C(=O)N(c6ccc(F)cc6)C(=O)[C@@H]45)[C@H]23)cc1. The van der Waals surface area contributed by atoms with Gasteiger partial charge in [0.2, 0.25) is 11.8 Å². The van der Waals surface area contributed by atoms with Gasteiger partial charge in [-0.3, -0.25) is 24.1 Å². The number of carbonyl (C=O) groups excluding carboxylic acids is 3. The molecule has 2 N–H and O–H groups in total. The fourth-order valence-corrected chi connectivity index (χ4v) is 11.1. The molecule has 234 valence electrons. The molecule has 0 unspecified atom stereocenters. The molecule has 7 atom stereocenters. The van der Waals surface area contributed by atoms with Crippen molar-refractivity contribution in [3.63, 3.8) is 0 Å². The Hall–Kier alpha value is -3.93. The summed E-state index contributed by atoms with van der Waals surface area (Å²) < 4.78 is 19.8. The largest absolute Gasteiger partial charge is 0.483 e. The number of aromatic nitrogens is 1. The number of H-pyrrole nitrogens is 1. The number of hydrogen-bond acceptors (Lipinski definition) is 7. The van der Waals surface area contributed by atoms with Gasteiger partial charge in [-0.1, -0.05) is 40.6 Å². The van der Waals surface area contributed by atoms with E-state index < -0.39 is 17.7 Å². The summed E-state index contributed by atoms with van der Waals surface area (Å²) in [4.78, 5) is 58.2. The normalized spacial score (nSPS) is 27.4. The fourth-order valence-electron chi connectivity index (χ4n) is 8.08. The Morgan fingerprint density at radius 1 is 1.02 bits per heavy atom. The van der Waals surface area contributed by atoms with Crippen LogP contribution in [-0.2, 0) is 14.4 Å². The summed E-state index contributed by atoms with van der Waals surface area (Å²) in [5.41, 5.74) is 2.84. The highest BCUT2D eigenvalue weighted by atomic mass is 35.5. The third kappa shape index (κ3) is 4.70. The second-order valence-electron chi connectivity index (χ2n) is 12.3. The Labute approximate surface area is 276 Å². The highest BCUT2D eigenvalue weighted by Gasteiger charge is 2.69. The lowest BCUT2D eigenvalue weighted by molar-refractivity contribution is -0.123. The van der Waals surface area contributed by atoms with Gasteiger partial charge in [0, 0.05) is 32.3 Å². The summed E-state index contributed by atoms with van der Waals surface area (Å²) in [5, 5.41) is 4.03. The number of rotatable bonds is 6. The van der Waals surface area contributed by atoms with Crippen LogP contribution in [0.1, 0.15) is 28.3 Å². The van der Waals surface area contributed by atoms with Crippen molar-refractivity contribution in [1.29, 1.82) is 0 Å². The number of fused-ring (bicyclic) bond motifs is 9. The van der Waals surface area contributed by atoms with Crippen molar-refractivity contribution >= 4 is 63.8 Å². The van der Waals surface area contributed by atoms with E-state index in [1.165, 1.54) is 29.2 Å². The average Bonchev–Trinajstić information content (AvgIpc) is 3.77. The second-order valence-corrected chi connectivity index (χ2v) is 15.0. The minimum atomic E-state index is -0.520. The molecule has 3 amide bonds. The number of aryl methyl sites for hydroxylation is 1. The van der Waals surface area contributed by atoms with Gasteiger partial charge < -0.3 is 15.0 Å². The molecule has 1 aromatic heterocycles. The highest BCUT2D eigenvalue weighted by molar-refractivity contribution is 8.00. The molecule has 1 saturated heterocycles. The van der Waals surface area contributed by atoms with Crippen molar-refractivity contribution in [1.82, 2.24) is 4.98 Å². The molecule has 46 heavy (non-hydrogen) atoms. The van der Waals surface area contributed by atoms with Crippen LogP contribution >= 0.6 is 34.7 Å². The number of amides is 3. The number of ether oxygens (including phenoxy) is 1. The van der Waals surface area contributed by atoms with Crippen LogP contribution in [0.2, 0.25) is 5.02 Å². The maximum Gasteiger partial charge on any atom is 0.305 e. The molecule has 3 aromatic carbocycles. The number of halogens is 2. The van der Waals surface area contributed by atoms with Gasteiger partial charge in [0.05, 0.1) is 22.5 Å². The van der Waals surface area contributed by atoms with Gasteiger partial charge >= 0.3 is 4.87 Å². The number of anilines is 2. The molecule has 8 rings (SSSR count). The van der Waals surface area contributed by atoms with Crippen LogP contribution in [0.25, 0.3) is 0 Å². The van der Waals surface area contributed by atoms with Crippen LogP contribution < -0.4 is 19.8 Å². The molecular formula is C34H27ClFN3O5S2. The zero-order chi connectivity index (χ0) is 31.9. The molecule has 2 aliphatic heterocycles.